The van der Waals surface area contributed by atoms with E-state index in [1.54, 1.807) is 25.1 Å². The first-order valence-corrected chi connectivity index (χ1v) is 14.8. The first-order valence-electron chi connectivity index (χ1n) is 14.8. The lowest BCUT2D eigenvalue weighted by atomic mass is 9.98. The number of carbonyl (C=O) groups excluding carboxylic acids is 1. The van der Waals surface area contributed by atoms with Crippen molar-refractivity contribution in [1.29, 1.82) is 0 Å². The molecule has 0 unspecified atom stereocenters. The van der Waals surface area contributed by atoms with Crippen LogP contribution in [-0.2, 0) is 19.9 Å². The van der Waals surface area contributed by atoms with E-state index in [-0.39, 0.29) is 34.8 Å². The second kappa shape index (κ2) is 13.4. The summed E-state index contributed by atoms with van der Waals surface area (Å²) in [6.07, 6.45) is 2.80. The molecule has 2 heterocycles. The van der Waals surface area contributed by atoms with Gasteiger partial charge in [-0.3, -0.25) is 9.59 Å². The third-order valence-electron chi connectivity index (χ3n) is 7.91. The number of aryl methyl sites for hydroxylation is 2. The Morgan fingerprint density at radius 3 is 2.47 bits per heavy atom. The van der Waals surface area contributed by atoms with Crippen molar-refractivity contribution in [2.45, 2.75) is 33.1 Å². The Morgan fingerprint density at radius 1 is 0.978 bits per heavy atom. The van der Waals surface area contributed by atoms with Gasteiger partial charge in [-0.2, -0.15) is 0 Å². The first-order chi connectivity index (χ1) is 21.6. The molecule has 10 heteroatoms. The van der Waals surface area contributed by atoms with Gasteiger partial charge < -0.3 is 23.7 Å². The summed E-state index contributed by atoms with van der Waals surface area (Å²) in [5.74, 6) is 0.0356. The van der Waals surface area contributed by atoms with Crippen LogP contribution >= 0.6 is 0 Å². The van der Waals surface area contributed by atoms with Crippen molar-refractivity contribution >= 4 is 27.6 Å². The predicted octanol–water partition coefficient (Wildman–Crippen LogP) is 6.05. The number of methoxy groups -OCH3 is 1. The molecule has 0 saturated heterocycles. The number of rotatable bonds is 12. The average molecular weight is 613 g/mol. The van der Waals surface area contributed by atoms with Gasteiger partial charge in [-0.1, -0.05) is 19.1 Å². The van der Waals surface area contributed by atoms with Crippen molar-refractivity contribution in [2.24, 2.45) is 7.05 Å². The van der Waals surface area contributed by atoms with Crippen molar-refractivity contribution in [3.8, 4) is 23.1 Å². The van der Waals surface area contributed by atoms with Gasteiger partial charge in [0, 0.05) is 37.2 Å². The SMILES string of the molecule is CCc1ccc2c(c1)c(=O)c(C(=O)Cc1ccc(Oc3ncnc4cc(OCCCN(C)C)c(OC)cc34)c(F)c1)c(C)n2C. The van der Waals surface area contributed by atoms with E-state index in [0.717, 1.165) is 30.5 Å². The van der Waals surface area contributed by atoms with Gasteiger partial charge in [0.15, 0.2) is 34.3 Å². The minimum atomic E-state index is -0.671. The summed E-state index contributed by atoms with van der Waals surface area (Å²) in [4.78, 5) is 37.5. The van der Waals surface area contributed by atoms with E-state index in [1.807, 2.05) is 50.8 Å². The Bertz CT molecular complexity index is 1950. The summed E-state index contributed by atoms with van der Waals surface area (Å²) in [6.45, 7) is 5.15. The number of Topliss-reactive ketones (excluding diaryl/α,β-unsaturated/α-hetero) is 1. The van der Waals surface area contributed by atoms with Crippen LogP contribution in [0.3, 0.4) is 0 Å². The normalized spacial score (nSPS) is 11.4. The standard InChI is InChI=1S/C35H37FN4O5/c1-7-22-9-11-28-25(15-22)34(42)33(21(2)40(28)5)29(41)17-23-10-12-30(26(36)16-23)45-35-24-18-31(43-6)32(19-27(24)37-20-38-35)44-14-8-13-39(3)4/h9-12,15-16,18-20H,7-8,13-14,17H2,1-6H3. The number of hydrogen-bond acceptors (Lipinski definition) is 8. The fourth-order valence-electron chi connectivity index (χ4n) is 5.33. The van der Waals surface area contributed by atoms with E-state index in [1.165, 1.54) is 25.6 Å². The summed E-state index contributed by atoms with van der Waals surface area (Å²) in [7, 11) is 7.37. The van der Waals surface area contributed by atoms with Gasteiger partial charge in [0.25, 0.3) is 0 Å². The predicted molar refractivity (Wildman–Crippen MR) is 173 cm³/mol. The molecule has 0 aliphatic carbocycles. The third kappa shape index (κ3) is 6.66. The van der Waals surface area contributed by atoms with Crippen molar-refractivity contribution < 1.29 is 23.4 Å². The largest absolute Gasteiger partial charge is 0.493 e. The maximum absolute atomic E-state index is 15.3. The third-order valence-corrected chi connectivity index (χ3v) is 7.91. The van der Waals surface area contributed by atoms with E-state index >= 15 is 4.39 Å². The molecule has 0 aliphatic rings. The molecule has 0 bridgehead atoms. The lowest BCUT2D eigenvalue weighted by molar-refractivity contribution is 0.0990. The highest BCUT2D eigenvalue weighted by Gasteiger charge is 2.21. The number of fused-ring (bicyclic) bond motifs is 2. The summed E-state index contributed by atoms with van der Waals surface area (Å²) in [5.41, 5.74) is 3.10. The lowest BCUT2D eigenvalue weighted by Crippen LogP contribution is -2.23. The van der Waals surface area contributed by atoms with Crippen LogP contribution in [0.4, 0.5) is 4.39 Å². The van der Waals surface area contributed by atoms with Crippen molar-refractivity contribution in [3.05, 3.63) is 93.3 Å². The topological polar surface area (TPSA) is 95.8 Å². The van der Waals surface area contributed by atoms with Crippen LogP contribution < -0.4 is 19.6 Å². The van der Waals surface area contributed by atoms with Crippen LogP contribution in [-0.4, -0.2) is 59.6 Å². The molecule has 0 N–H and O–H groups in total. The molecule has 0 atom stereocenters. The zero-order chi connectivity index (χ0) is 32.2. The zero-order valence-electron chi connectivity index (χ0n) is 26.4. The molecule has 0 aliphatic heterocycles. The van der Waals surface area contributed by atoms with Gasteiger partial charge in [0.2, 0.25) is 5.88 Å². The molecule has 2 aromatic heterocycles. The Hall–Kier alpha value is -4.83. The van der Waals surface area contributed by atoms with Gasteiger partial charge >= 0.3 is 0 Å². The van der Waals surface area contributed by atoms with Crippen molar-refractivity contribution in [2.75, 3.05) is 34.4 Å². The van der Waals surface area contributed by atoms with Gasteiger partial charge in [0.1, 0.15) is 6.33 Å². The molecule has 45 heavy (non-hydrogen) atoms. The van der Waals surface area contributed by atoms with E-state index in [4.69, 9.17) is 14.2 Å². The molecule has 5 rings (SSSR count). The lowest BCUT2D eigenvalue weighted by Gasteiger charge is -2.15. The van der Waals surface area contributed by atoms with Gasteiger partial charge in [-0.05, 0) is 75.3 Å². The van der Waals surface area contributed by atoms with E-state index in [0.29, 0.717) is 45.7 Å². The number of nitrogens with zero attached hydrogens (tertiary/aromatic N) is 4. The second-order valence-electron chi connectivity index (χ2n) is 11.2. The van der Waals surface area contributed by atoms with Gasteiger partial charge in [-0.25, -0.2) is 14.4 Å². The van der Waals surface area contributed by atoms with Crippen molar-refractivity contribution in [1.82, 2.24) is 19.4 Å². The number of hydrogen-bond donors (Lipinski definition) is 0. The molecule has 0 saturated carbocycles. The van der Waals surface area contributed by atoms with E-state index < -0.39 is 5.82 Å². The van der Waals surface area contributed by atoms with E-state index in [9.17, 15) is 9.59 Å². The Balaban J connectivity index is 1.38. The summed E-state index contributed by atoms with van der Waals surface area (Å²) in [5, 5.41) is 1.01. The Kier molecular flexibility index (Phi) is 9.43. The minimum absolute atomic E-state index is 0.0703. The van der Waals surface area contributed by atoms with Gasteiger partial charge in [-0.15, -0.1) is 0 Å². The van der Waals surface area contributed by atoms with Crippen LogP contribution in [0, 0.1) is 12.7 Å². The maximum atomic E-state index is 15.3. The molecule has 0 spiro atoms. The molecular formula is C35H37FN4O5. The molecule has 0 radical (unpaired) electrons. The van der Waals surface area contributed by atoms with Crippen LogP contribution in [0.15, 0.2) is 59.7 Å². The van der Waals surface area contributed by atoms with Crippen LogP contribution in [0.1, 0.15) is 40.5 Å². The molecule has 9 nitrogen and oxygen atoms in total. The van der Waals surface area contributed by atoms with Crippen LogP contribution in [0.2, 0.25) is 0 Å². The monoisotopic (exact) mass is 612 g/mol. The fourth-order valence-corrected chi connectivity index (χ4v) is 5.33. The number of aromatic nitrogens is 3. The maximum Gasteiger partial charge on any atom is 0.230 e. The summed E-state index contributed by atoms with van der Waals surface area (Å²) < 4.78 is 34.6. The zero-order valence-corrected chi connectivity index (χ0v) is 26.4. The Morgan fingerprint density at radius 2 is 1.76 bits per heavy atom. The minimum Gasteiger partial charge on any atom is -0.493 e. The quantitative estimate of drug-likeness (QED) is 0.124. The molecular weight excluding hydrogens is 575 g/mol. The van der Waals surface area contributed by atoms with Gasteiger partial charge in [0.05, 0.1) is 35.7 Å². The number of benzene rings is 3. The number of ether oxygens (including phenoxy) is 3. The summed E-state index contributed by atoms with van der Waals surface area (Å²) >= 11 is 0. The average Bonchev–Trinajstić information content (AvgIpc) is 3.02. The highest BCUT2D eigenvalue weighted by Crippen LogP contribution is 2.36. The number of carbonyl (C=O) groups is 1. The molecule has 0 fully saturated rings. The number of halogens is 1. The van der Waals surface area contributed by atoms with Crippen LogP contribution in [0.25, 0.3) is 21.8 Å². The van der Waals surface area contributed by atoms with E-state index in [2.05, 4.69) is 14.9 Å². The highest BCUT2D eigenvalue weighted by molar-refractivity contribution is 6.01. The first kappa shape index (κ1) is 31.6. The van der Waals surface area contributed by atoms with Crippen LogP contribution in [0.5, 0.6) is 23.1 Å². The number of pyridine rings is 1. The highest BCUT2D eigenvalue weighted by atomic mass is 19.1. The van der Waals surface area contributed by atoms with Crippen molar-refractivity contribution in [3.63, 3.8) is 0 Å². The fraction of sp³-hybridized carbons (Fsp3) is 0.314. The second-order valence-corrected chi connectivity index (χ2v) is 11.2. The smallest absolute Gasteiger partial charge is 0.230 e. The Labute approximate surface area is 261 Å². The molecule has 234 valence electrons. The molecule has 0 amide bonds. The number of ketones is 1. The molecule has 5 aromatic rings. The molecule has 3 aromatic carbocycles. The summed E-state index contributed by atoms with van der Waals surface area (Å²) in [6, 6.07) is 13.5.